The van der Waals surface area contributed by atoms with E-state index in [4.69, 9.17) is 16.2 Å². The molecule has 17 heteroatoms. The second-order valence-electron chi connectivity index (χ2n) is 6.53. The molecule has 3 nitrogen and oxygen atoms in total. The van der Waals surface area contributed by atoms with Crippen molar-refractivity contribution in [3.8, 4) is 0 Å². The lowest BCUT2D eigenvalue weighted by atomic mass is 9.91. The van der Waals surface area contributed by atoms with Crippen LogP contribution in [-0.2, 0) is 0 Å². The average Bonchev–Trinajstić information content (AvgIpc) is 2.47. The SMILES string of the molecule is N[Si](N)(N)CCCCCCC(F)(F)C(F)(F)C(F)(F)C(F)(F)C(F)(F)C(F)(F)F. The molecule has 0 saturated carbocycles. The Balaban J connectivity index is 5.35. The van der Waals surface area contributed by atoms with Gasteiger partial charge in [0.1, 0.15) is 0 Å². The highest BCUT2D eigenvalue weighted by molar-refractivity contribution is 6.70. The Labute approximate surface area is 157 Å². The second-order valence-corrected chi connectivity index (χ2v) is 9.25. The lowest BCUT2D eigenvalue weighted by Gasteiger charge is -2.39. The van der Waals surface area contributed by atoms with Crippen molar-refractivity contribution in [3.63, 3.8) is 0 Å². The molecule has 6 N–H and O–H groups in total. The fraction of sp³-hybridized carbons (Fsp3) is 1.00. The van der Waals surface area contributed by atoms with Gasteiger partial charge in [-0.2, -0.15) is 57.1 Å². The molecule has 0 atom stereocenters. The summed E-state index contributed by atoms with van der Waals surface area (Å²) in [5.41, 5.74) is 0. The van der Waals surface area contributed by atoms with Crippen molar-refractivity contribution < 1.29 is 57.1 Å². The van der Waals surface area contributed by atoms with Gasteiger partial charge < -0.3 is 16.2 Å². The first-order valence-corrected chi connectivity index (χ1v) is 10.2. The molecule has 0 unspecified atom stereocenters. The van der Waals surface area contributed by atoms with Crippen LogP contribution in [0.1, 0.15) is 32.1 Å². The number of halogens is 13. The lowest BCUT2D eigenvalue weighted by molar-refractivity contribution is -0.440. The van der Waals surface area contributed by atoms with Crippen LogP contribution in [0.15, 0.2) is 0 Å². The van der Waals surface area contributed by atoms with Gasteiger partial charge in [0.2, 0.25) is 0 Å². The highest BCUT2D eigenvalue weighted by atomic mass is 28.4. The van der Waals surface area contributed by atoms with Gasteiger partial charge in [-0.25, -0.2) is 0 Å². The largest absolute Gasteiger partial charge is 0.460 e. The topological polar surface area (TPSA) is 78.1 Å². The molecule has 0 rings (SSSR count). The maximum Gasteiger partial charge on any atom is 0.460 e. The first kappa shape index (κ1) is 28.2. The van der Waals surface area contributed by atoms with Crippen LogP contribution in [0.4, 0.5) is 57.1 Å². The zero-order valence-corrected chi connectivity index (χ0v) is 15.4. The Morgan fingerprint density at radius 3 is 1.24 bits per heavy atom. The lowest BCUT2D eigenvalue weighted by Crippen LogP contribution is -2.70. The van der Waals surface area contributed by atoms with Gasteiger partial charge in [-0.1, -0.05) is 19.3 Å². The molecule has 0 heterocycles. The number of hydrogen-bond donors (Lipinski definition) is 3. The Hall–Kier alpha value is -0.813. The van der Waals surface area contributed by atoms with E-state index in [1.807, 2.05) is 0 Å². The second kappa shape index (κ2) is 8.37. The minimum Gasteiger partial charge on any atom is -0.327 e. The Kier molecular flexibility index (Phi) is 8.14. The van der Waals surface area contributed by atoms with Gasteiger partial charge in [0, 0.05) is 6.42 Å². The van der Waals surface area contributed by atoms with Gasteiger partial charge in [-0.15, -0.1) is 0 Å². The summed E-state index contributed by atoms with van der Waals surface area (Å²) < 4.78 is 167. The van der Waals surface area contributed by atoms with Crippen molar-refractivity contribution in [1.82, 2.24) is 0 Å². The van der Waals surface area contributed by atoms with Crippen LogP contribution in [0, 0.1) is 0 Å². The van der Waals surface area contributed by atoms with E-state index >= 15 is 0 Å². The zero-order valence-electron chi connectivity index (χ0n) is 14.4. The molecule has 0 aromatic heterocycles. The Morgan fingerprint density at radius 2 is 0.862 bits per heavy atom. The molecule has 0 fully saturated rings. The highest BCUT2D eigenvalue weighted by Gasteiger charge is 2.90. The van der Waals surface area contributed by atoms with Gasteiger partial charge in [-0.3, -0.25) is 0 Å². The maximum atomic E-state index is 13.5. The molecule has 0 bridgehead atoms. The number of nitrogens with two attached hydrogens (primary N) is 3. The normalized spacial score (nSPS) is 15.7. The van der Waals surface area contributed by atoms with Crippen molar-refractivity contribution in [1.29, 1.82) is 0 Å². The van der Waals surface area contributed by atoms with Crippen molar-refractivity contribution in [2.24, 2.45) is 16.2 Å². The van der Waals surface area contributed by atoms with Gasteiger partial charge >= 0.3 is 35.8 Å². The first-order valence-electron chi connectivity index (χ1n) is 7.78. The number of unbranched alkanes of at least 4 members (excludes halogenated alkanes) is 3. The van der Waals surface area contributed by atoms with Crippen LogP contribution in [0.25, 0.3) is 0 Å². The van der Waals surface area contributed by atoms with Crippen LogP contribution in [0.3, 0.4) is 0 Å². The molecule has 0 aliphatic rings. The highest BCUT2D eigenvalue weighted by Crippen LogP contribution is 2.60. The van der Waals surface area contributed by atoms with Crippen LogP contribution in [0.5, 0.6) is 0 Å². The molecule has 0 radical (unpaired) electrons. The third-order valence-electron chi connectivity index (χ3n) is 3.85. The quantitative estimate of drug-likeness (QED) is 0.232. The smallest absolute Gasteiger partial charge is 0.327 e. The summed E-state index contributed by atoms with van der Waals surface area (Å²) in [7, 11) is -2.98. The predicted octanol–water partition coefficient (Wildman–Crippen LogP) is 4.49. The van der Waals surface area contributed by atoms with Gasteiger partial charge in [0.05, 0.1) is 0 Å². The van der Waals surface area contributed by atoms with E-state index in [0.717, 1.165) is 0 Å². The molecule has 0 amide bonds. The van der Waals surface area contributed by atoms with E-state index < -0.39 is 57.2 Å². The van der Waals surface area contributed by atoms with Crippen molar-refractivity contribution >= 4 is 8.56 Å². The zero-order chi connectivity index (χ0) is 23.7. The van der Waals surface area contributed by atoms with E-state index in [9.17, 15) is 57.1 Å². The van der Waals surface area contributed by atoms with Crippen LogP contribution in [0.2, 0.25) is 6.04 Å². The Morgan fingerprint density at radius 1 is 0.483 bits per heavy atom. The molecule has 0 aliphatic carbocycles. The molecule has 0 saturated heterocycles. The van der Waals surface area contributed by atoms with E-state index in [2.05, 4.69) is 0 Å². The summed E-state index contributed by atoms with van der Waals surface area (Å²) >= 11 is 0. The molecule has 29 heavy (non-hydrogen) atoms. The molecular formula is C12H18F13N3Si. The van der Waals surface area contributed by atoms with Crippen LogP contribution < -0.4 is 16.2 Å². The van der Waals surface area contributed by atoms with Crippen molar-refractivity contribution in [2.75, 3.05) is 0 Å². The maximum absolute atomic E-state index is 13.5. The number of alkyl halides is 13. The fourth-order valence-electron chi connectivity index (χ4n) is 2.09. The van der Waals surface area contributed by atoms with Gasteiger partial charge in [0.25, 0.3) is 8.56 Å². The first-order chi connectivity index (χ1) is 12.5. The predicted molar refractivity (Wildman–Crippen MR) is 77.0 cm³/mol. The summed E-state index contributed by atoms with van der Waals surface area (Å²) in [4.78, 5) is 0. The van der Waals surface area contributed by atoms with Crippen molar-refractivity contribution in [2.45, 2.75) is 73.9 Å². The van der Waals surface area contributed by atoms with Crippen molar-refractivity contribution in [3.05, 3.63) is 0 Å². The third-order valence-corrected chi connectivity index (χ3v) is 5.07. The number of rotatable bonds is 11. The molecule has 0 aromatic carbocycles. The molecular weight excluding hydrogens is 461 g/mol. The summed E-state index contributed by atoms with van der Waals surface area (Å²) in [5, 5.41) is 15.9. The minimum atomic E-state index is -7.86. The average molecular weight is 479 g/mol. The van der Waals surface area contributed by atoms with Gasteiger partial charge in [-0.05, 0) is 12.5 Å². The minimum absolute atomic E-state index is 0.000693. The standard InChI is InChI=1S/C12H18F13N3Si/c13-7(14,5-3-1-2-4-6-29(26,27)28)8(15,16)9(17,18)10(19,20)11(21,22)12(23,24)25/h1-6,26-28H2. The molecule has 0 aromatic rings. The fourth-order valence-corrected chi connectivity index (χ4v) is 2.95. The van der Waals surface area contributed by atoms with Gasteiger partial charge in [0.15, 0.2) is 0 Å². The summed E-state index contributed by atoms with van der Waals surface area (Å²) in [6, 6.07) is 0.0797. The summed E-state index contributed by atoms with van der Waals surface area (Å²) in [6.45, 7) is 0. The number of hydrogen-bond acceptors (Lipinski definition) is 3. The molecule has 0 aliphatic heterocycles. The third kappa shape index (κ3) is 5.66. The molecule has 0 spiro atoms. The van der Waals surface area contributed by atoms with E-state index in [-0.39, 0.29) is 25.3 Å². The van der Waals surface area contributed by atoms with E-state index in [1.54, 1.807) is 0 Å². The monoisotopic (exact) mass is 479 g/mol. The van der Waals surface area contributed by atoms with E-state index in [0.29, 0.717) is 0 Å². The van der Waals surface area contributed by atoms with E-state index in [1.165, 1.54) is 0 Å². The Bertz CT molecular complexity index is 542. The molecule has 176 valence electrons. The summed E-state index contributed by atoms with van der Waals surface area (Å²) in [5.74, 6) is -36.5. The van der Waals surface area contributed by atoms with Crippen LogP contribution in [-0.4, -0.2) is 44.3 Å². The van der Waals surface area contributed by atoms with Crippen LogP contribution >= 0.6 is 0 Å². The summed E-state index contributed by atoms with van der Waals surface area (Å²) in [6.07, 6.45) is -10.7.